The summed E-state index contributed by atoms with van der Waals surface area (Å²) in [5, 5.41) is 5.66. The third-order valence-electron chi connectivity index (χ3n) is 5.04. The summed E-state index contributed by atoms with van der Waals surface area (Å²) in [6.45, 7) is 1.38. The van der Waals surface area contributed by atoms with Gasteiger partial charge in [-0.25, -0.2) is 0 Å². The lowest BCUT2D eigenvalue weighted by atomic mass is 9.85. The highest BCUT2D eigenvalue weighted by Crippen LogP contribution is 2.25. The van der Waals surface area contributed by atoms with Crippen LogP contribution in [0.1, 0.15) is 46.4 Å². The van der Waals surface area contributed by atoms with Crippen LogP contribution in [0.25, 0.3) is 0 Å². The van der Waals surface area contributed by atoms with Crippen LogP contribution < -0.4 is 10.6 Å². The molecule has 1 fully saturated rings. The van der Waals surface area contributed by atoms with Gasteiger partial charge in [-0.15, -0.1) is 11.8 Å². The van der Waals surface area contributed by atoms with E-state index in [4.69, 9.17) is 0 Å². The number of imide groups is 1. The van der Waals surface area contributed by atoms with Crippen LogP contribution in [0, 0.1) is 5.92 Å². The van der Waals surface area contributed by atoms with Crippen molar-refractivity contribution in [2.45, 2.75) is 25.7 Å². The summed E-state index contributed by atoms with van der Waals surface area (Å²) < 4.78 is 0. The van der Waals surface area contributed by atoms with Gasteiger partial charge in [0.1, 0.15) is 0 Å². The molecule has 1 aliphatic heterocycles. The van der Waals surface area contributed by atoms with E-state index in [1.54, 1.807) is 24.3 Å². The summed E-state index contributed by atoms with van der Waals surface area (Å²) >= 11 is 1.28. The van der Waals surface area contributed by atoms with Crippen molar-refractivity contribution < 1.29 is 19.2 Å². The Morgan fingerprint density at radius 1 is 1.00 bits per heavy atom. The molecule has 0 unspecified atom stereocenters. The number of rotatable bonds is 10. The maximum atomic E-state index is 12.2. The lowest BCUT2D eigenvalue weighted by molar-refractivity contribution is -0.119. The topological polar surface area (TPSA) is 95.6 Å². The zero-order valence-electron chi connectivity index (χ0n) is 15.7. The van der Waals surface area contributed by atoms with Crippen LogP contribution >= 0.6 is 11.8 Å². The normalized spacial score (nSPS) is 15.9. The van der Waals surface area contributed by atoms with Gasteiger partial charge in [0.05, 0.1) is 22.6 Å². The number of benzene rings is 1. The summed E-state index contributed by atoms with van der Waals surface area (Å²) in [6, 6.07) is 6.77. The predicted molar refractivity (Wildman–Crippen MR) is 107 cm³/mol. The van der Waals surface area contributed by atoms with Crippen LogP contribution in [0.5, 0.6) is 0 Å². The minimum Gasteiger partial charge on any atom is -0.355 e. The summed E-state index contributed by atoms with van der Waals surface area (Å²) in [5.41, 5.74) is 0.868. The number of thioether (sulfide) groups is 1. The lowest BCUT2D eigenvalue weighted by Crippen LogP contribution is -2.35. The fraction of sp³-hybridized carbons (Fsp3) is 0.500. The van der Waals surface area contributed by atoms with Crippen molar-refractivity contribution >= 4 is 35.4 Å². The molecule has 1 saturated carbocycles. The molecule has 150 valence electrons. The van der Waals surface area contributed by atoms with Gasteiger partial charge in [-0.3, -0.25) is 24.1 Å². The molecule has 0 aromatic heterocycles. The van der Waals surface area contributed by atoms with Gasteiger partial charge in [-0.05, 0) is 37.3 Å². The summed E-state index contributed by atoms with van der Waals surface area (Å²) in [5.74, 6) is 0.360. The van der Waals surface area contributed by atoms with Crippen LogP contribution in [0.4, 0.5) is 0 Å². The average molecular weight is 404 g/mol. The van der Waals surface area contributed by atoms with E-state index in [2.05, 4.69) is 10.6 Å². The van der Waals surface area contributed by atoms with Gasteiger partial charge in [-0.2, -0.15) is 0 Å². The zero-order chi connectivity index (χ0) is 19.9. The van der Waals surface area contributed by atoms with Gasteiger partial charge in [0.25, 0.3) is 11.8 Å². The van der Waals surface area contributed by atoms with Crippen molar-refractivity contribution in [3.8, 4) is 0 Å². The van der Waals surface area contributed by atoms with Gasteiger partial charge in [0.15, 0.2) is 0 Å². The van der Waals surface area contributed by atoms with Crippen LogP contribution in [-0.2, 0) is 9.59 Å². The van der Waals surface area contributed by atoms with Crippen molar-refractivity contribution in [3.63, 3.8) is 0 Å². The van der Waals surface area contributed by atoms with E-state index in [1.807, 2.05) is 0 Å². The summed E-state index contributed by atoms with van der Waals surface area (Å²) in [6.07, 6.45) is 4.12. The molecule has 2 aliphatic rings. The summed E-state index contributed by atoms with van der Waals surface area (Å²) in [7, 11) is 0. The molecule has 28 heavy (non-hydrogen) atoms. The fourth-order valence-electron chi connectivity index (χ4n) is 3.20. The number of hydrogen-bond donors (Lipinski definition) is 2. The second kappa shape index (κ2) is 9.73. The van der Waals surface area contributed by atoms with Gasteiger partial charge < -0.3 is 10.6 Å². The highest BCUT2D eigenvalue weighted by molar-refractivity contribution is 8.00. The van der Waals surface area contributed by atoms with Crippen LogP contribution in [0.3, 0.4) is 0 Å². The number of hydrogen-bond acceptors (Lipinski definition) is 5. The van der Waals surface area contributed by atoms with E-state index in [-0.39, 0.29) is 41.7 Å². The van der Waals surface area contributed by atoms with Crippen molar-refractivity contribution in [2.75, 3.05) is 31.1 Å². The van der Waals surface area contributed by atoms with E-state index >= 15 is 0 Å². The number of carbonyl (C=O) groups excluding carboxylic acids is 4. The third kappa shape index (κ3) is 5.13. The largest absolute Gasteiger partial charge is 0.355 e. The molecule has 4 amide bonds. The number of nitrogens with zero attached hydrogens (tertiary/aromatic N) is 1. The molecule has 0 saturated heterocycles. The van der Waals surface area contributed by atoms with Crippen molar-refractivity contribution in [3.05, 3.63) is 35.4 Å². The Kier molecular flexibility index (Phi) is 7.08. The Labute approximate surface area is 168 Å². The highest BCUT2D eigenvalue weighted by Gasteiger charge is 2.34. The number of fused-ring (bicyclic) bond motifs is 1. The number of nitrogens with one attached hydrogen (secondary N) is 2. The van der Waals surface area contributed by atoms with Crippen molar-refractivity contribution in [1.29, 1.82) is 0 Å². The Hall–Kier alpha value is -2.35. The van der Waals surface area contributed by atoms with E-state index in [9.17, 15) is 19.2 Å². The minimum absolute atomic E-state index is 0.0321. The first-order valence-electron chi connectivity index (χ1n) is 9.62. The molecule has 3 rings (SSSR count). The maximum Gasteiger partial charge on any atom is 0.261 e. The molecule has 0 bridgehead atoms. The third-order valence-corrected chi connectivity index (χ3v) is 5.97. The molecule has 8 heteroatoms. The second-order valence-electron chi connectivity index (χ2n) is 7.10. The average Bonchev–Trinajstić information content (AvgIpc) is 2.89. The zero-order valence-corrected chi connectivity index (χ0v) is 16.6. The van der Waals surface area contributed by atoms with E-state index in [0.717, 1.165) is 6.54 Å². The number of carbonyl (C=O) groups is 4. The van der Waals surface area contributed by atoms with Crippen molar-refractivity contribution in [1.82, 2.24) is 15.5 Å². The Morgan fingerprint density at radius 3 is 2.18 bits per heavy atom. The number of amides is 4. The molecular weight excluding hydrogens is 378 g/mol. The first-order chi connectivity index (χ1) is 13.6. The molecule has 1 aliphatic carbocycles. The molecule has 0 spiro atoms. The predicted octanol–water partition coefficient (Wildman–Crippen LogP) is 1.44. The van der Waals surface area contributed by atoms with E-state index < -0.39 is 0 Å². The maximum absolute atomic E-state index is 12.2. The van der Waals surface area contributed by atoms with Crippen LogP contribution in [0.15, 0.2) is 24.3 Å². The van der Waals surface area contributed by atoms with E-state index in [0.29, 0.717) is 30.0 Å². The van der Waals surface area contributed by atoms with Gasteiger partial charge in [0.2, 0.25) is 11.8 Å². The molecule has 7 nitrogen and oxygen atoms in total. The second-order valence-corrected chi connectivity index (χ2v) is 8.09. The molecule has 1 aromatic carbocycles. The summed E-state index contributed by atoms with van der Waals surface area (Å²) in [4.78, 5) is 49.2. The first-order valence-corrected chi connectivity index (χ1v) is 10.8. The molecule has 1 aromatic rings. The van der Waals surface area contributed by atoms with E-state index in [1.165, 1.54) is 35.9 Å². The van der Waals surface area contributed by atoms with Gasteiger partial charge >= 0.3 is 0 Å². The van der Waals surface area contributed by atoms with Crippen LogP contribution in [0.2, 0.25) is 0 Å². The molecule has 1 heterocycles. The Balaban J connectivity index is 1.26. The Morgan fingerprint density at radius 2 is 1.61 bits per heavy atom. The fourth-order valence-corrected chi connectivity index (χ4v) is 3.88. The quantitative estimate of drug-likeness (QED) is 0.455. The monoisotopic (exact) mass is 403 g/mol. The molecule has 2 N–H and O–H groups in total. The molecule has 0 atom stereocenters. The highest BCUT2D eigenvalue weighted by atomic mass is 32.2. The van der Waals surface area contributed by atoms with Crippen molar-refractivity contribution in [2.24, 2.45) is 5.92 Å². The molecular formula is C20H25N3O4S. The SMILES string of the molecule is O=C(CSCC(=O)NCC1CCC1)NCCCN1C(=O)c2ccccc2C1=O. The standard InChI is InChI=1S/C20H25N3O4S/c24-17(12-28-13-18(25)22-11-14-5-3-6-14)21-9-4-10-23-19(26)15-7-1-2-8-16(15)20(23)27/h1-2,7-8,14H,3-6,9-13H2,(H,21,24)(H,22,25). The lowest BCUT2D eigenvalue weighted by Gasteiger charge is -2.25. The van der Waals surface area contributed by atoms with Crippen LogP contribution in [-0.4, -0.2) is 59.7 Å². The first kappa shape index (κ1) is 20.4. The van der Waals surface area contributed by atoms with Gasteiger partial charge in [0, 0.05) is 19.6 Å². The smallest absolute Gasteiger partial charge is 0.261 e. The van der Waals surface area contributed by atoms with Gasteiger partial charge in [-0.1, -0.05) is 18.6 Å². The Bertz CT molecular complexity index is 729. The minimum atomic E-state index is -0.282. The molecule has 0 radical (unpaired) electrons.